The average molecular weight is 385 g/mol. The van der Waals surface area contributed by atoms with Crippen molar-refractivity contribution < 1.29 is 18.8 Å². The number of aryl methyl sites for hydroxylation is 2. The molecule has 0 aliphatic carbocycles. The zero-order valence-corrected chi connectivity index (χ0v) is 16.2. The van der Waals surface area contributed by atoms with Crippen LogP contribution in [0, 0.1) is 20.8 Å². The summed E-state index contributed by atoms with van der Waals surface area (Å²) in [5, 5.41) is 9.78. The summed E-state index contributed by atoms with van der Waals surface area (Å²) in [6, 6.07) is 8.68. The standard InChI is InChI=1S/C19H19N3O4S/c1-10-9-14(22-26-10)17(23)21-19-16(11(2)12(3)27-19)18(24)20-13-7-5-6-8-15(13)25-4/h5-9H,1-4H3,(H,20,24)(H,21,23). The van der Waals surface area contributed by atoms with E-state index in [9.17, 15) is 9.59 Å². The molecule has 7 nitrogen and oxygen atoms in total. The lowest BCUT2D eigenvalue weighted by Crippen LogP contribution is -2.18. The summed E-state index contributed by atoms with van der Waals surface area (Å²) in [4.78, 5) is 26.3. The number of nitrogens with one attached hydrogen (secondary N) is 2. The number of aromatic nitrogens is 1. The van der Waals surface area contributed by atoms with Gasteiger partial charge in [0.1, 0.15) is 16.5 Å². The van der Waals surface area contributed by atoms with Gasteiger partial charge in [0.05, 0.1) is 18.4 Å². The van der Waals surface area contributed by atoms with Crippen LogP contribution in [0.1, 0.15) is 37.0 Å². The number of hydrogen-bond acceptors (Lipinski definition) is 6. The van der Waals surface area contributed by atoms with Gasteiger partial charge in [0, 0.05) is 10.9 Å². The number of amides is 2. The van der Waals surface area contributed by atoms with Gasteiger partial charge in [-0.25, -0.2) is 0 Å². The summed E-state index contributed by atoms with van der Waals surface area (Å²) in [6.07, 6.45) is 0. The zero-order chi connectivity index (χ0) is 19.6. The van der Waals surface area contributed by atoms with E-state index in [1.54, 1.807) is 25.1 Å². The molecule has 0 saturated carbocycles. The first-order chi connectivity index (χ1) is 12.9. The van der Waals surface area contributed by atoms with E-state index in [1.807, 2.05) is 19.9 Å². The van der Waals surface area contributed by atoms with Gasteiger partial charge < -0.3 is 19.9 Å². The van der Waals surface area contributed by atoms with Gasteiger partial charge >= 0.3 is 0 Å². The third kappa shape index (κ3) is 3.85. The highest BCUT2D eigenvalue weighted by Crippen LogP contribution is 2.34. The minimum absolute atomic E-state index is 0.160. The van der Waals surface area contributed by atoms with Gasteiger partial charge in [-0.3, -0.25) is 9.59 Å². The van der Waals surface area contributed by atoms with E-state index in [1.165, 1.54) is 24.5 Å². The van der Waals surface area contributed by atoms with Gasteiger partial charge in [0.2, 0.25) is 0 Å². The molecule has 2 heterocycles. The first kappa shape index (κ1) is 18.7. The van der Waals surface area contributed by atoms with Gasteiger partial charge in [-0.1, -0.05) is 17.3 Å². The first-order valence-electron chi connectivity index (χ1n) is 8.19. The van der Waals surface area contributed by atoms with Crippen molar-refractivity contribution in [3.63, 3.8) is 0 Å². The molecule has 0 aliphatic rings. The summed E-state index contributed by atoms with van der Waals surface area (Å²) in [5.74, 6) is 0.333. The van der Waals surface area contributed by atoms with Crippen LogP contribution in [0.4, 0.5) is 10.7 Å². The summed E-state index contributed by atoms with van der Waals surface area (Å²) in [6.45, 7) is 5.45. The fourth-order valence-electron chi connectivity index (χ4n) is 2.56. The Morgan fingerprint density at radius 3 is 2.52 bits per heavy atom. The van der Waals surface area contributed by atoms with Crippen molar-refractivity contribution >= 4 is 33.8 Å². The van der Waals surface area contributed by atoms with Crippen molar-refractivity contribution in [2.45, 2.75) is 20.8 Å². The maximum absolute atomic E-state index is 12.9. The van der Waals surface area contributed by atoms with Crippen molar-refractivity contribution in [3.05, 3.63) is 57.8 Å². The number of anilines is 2. The lowest BCUT2D eigenvalue weighted by molar-refractivity contribution is 0.101. The largest absolute Gasteiger partial charge is 0.495 e. The van der Waals surface area contributed by atoms with E-state index in [0.717, 1.165) is 10.4 Å². The molecule has 0 fully saturated rings. The molecule has 2 N–H and O–H groups in total. The zero-order valence-electron chi connectivity index (χ0n) is 15.4. The number of benzene rings is 1. The normalized spacial score (nSPS) is 10.5. The molecule has 0 bridgehead atoms. The van der Waals surface area contributed by atoms with Crippen molar-refractivity contribution in [2.75, 3.05) is 17.7 Å². The third-order valence-corrected chi connectivity index (χ3v) is 5.18. The van der Waals surface area contributed by atoms with E-state index < -0.39 is 5.91 Å². The van der Waals surface area contributed by atoms with Crippen LogP contribution >= 0.6 is 11.3 Å². The molecular weight excluding hydrogens is 366 g/mol. The van der Waals surface area contributed by atoms with Gasteiger partial charge in [-0.05, 0) is 38.5 Å². The van der Waals surface area contributed by atoms with Crippen LogP contribution in [0.5, 0.6) is 5.75 Å². The number of methoxy groups -OCH3 is 1. The quantitative estimate of drug-likeness (QED) is 0.687. The number of thiophene rings is 1. The Morgan fingerprint density at radius 1 is 1.11 bits per heavy atom. The number of rotatable bonds is 5. The van der Waals surface area contributed by atoms with Gasteiger partial charge in [-0.15, -0.1) is 11.3 Å². The summed E-state index contributed by atoms with van der Waals surface area (Å²) in [7, 11) is 1.54. The number of ether oxygens (including phenoxy) is 1. The molecule has 1 aromatic carbocycles. The van der Waals surface area contributed by atoms with E-state index >= 15 is 0 Å². The molecule has 2 aromatic heterocycles. The maximum Gasteiger partial charge on any atom is 0.278 e. The van der Waals surface area contributed by atoms with E-state index in [4.69, 9.17) is 9.26 Å². The molecule has 140 valence electrons. The molecule has 0 saturated heterocycles. The second kappa shape index (κ2) is 7.63. The molecule has 0 radical (unpaired) electrons. The fraction of sp³-hybridized carbons (Fsp3) is 0.211. The van der Waals surface area contributed by atoms with Crippen LogP contribution in [-0.4, -0.2) is 24.1 Å². The minimum atomic E-state index is -0.431. The second-order valence-electron chi connectivity index (χ2n) is 5.92. The Hall–Kier alpha value is -3.13. The molecular formula is C19H19N3O4S. The van der Waals surface area contributed by atoms with Gasteiger partial charge in [0.25, 0.3) is 11.8 Å². The molecule has 3 aromatic rings. The molecule has 8 heteroatoms. The number of hydrogen-bond donors (Lipinski definition) is 2. The van der Waals surface area contributed by atoms with Crippen molar-refractivity contribution in [3.8, 4) is 5.75 Å². The van der Waals surface area contributed by atoms with Gasteiger partial charge in [0.15, 0.2) is 5.69 Å². The summed E-state index contributed by atoms with van der Waals surface area (Å²) in [5.41, 5.74) is 1.93. The highest BCUT2D eigenvalue weighted by molar-refractivity contribution is 7.16. The Balaban J connectivity index is 1.89. The van der Waals surface area contributed by atoms with E-state index in [2.05, 4.69) is 15.8 Å². The number of nitrogens with zero attached hydrogens (tertiary/aromatic N) is 1. The fourth-order valence-corrected chi connectivity index (χ4v) is 3.61. The van der Waals surface area contributed by atoms with Crippen LogP contribution in [-0.2, 0) is 0 Å². The smallest absolute Gasteiger partial charge is 0.278 e. The van der Waals surface area contributed by atoms with Crippen molar-refractivity contribution in [1.29, 1.82) is 0 Å². The number of para-hydroxylation sites is 2. The molecule has 0 spiro atoms. The Bertz CT molecular complexity index is 1010. The number of carbonyl (C=O) groups excluding carboxylic acids is 2. The minimum Gasteiger partial charge on any atom is -0.495 e. The third-order valence-electron chi connectivity index (χ3n) is 4.06. The second-order valence-corrected chi connectivity index (χ2v) is 7.14. The Morgan fingerprint density at radius 2 is 1.85 bits per heavy atom. The highest BCUT2D eigenvalue weighted by Gasteiger charge is 2.23. The number of carbonyl (C=O) groups is 2. The SMILES string of the molecule is COc1ccccc1NC(=O)c1c(NC(=O)c2cc(C)on2)sc(C)c1C. The topological polar surface area (TPSA) is 93.5 Å². The summed E-state index contributed by atoms with van der Waals surface area (Å²) >= 11 is 1.34. The Kier molecular flexibility index (Phi) is 5.27. The predicted octanol–water partition coefficient (Wildman–Crippen LogP) is 4.17. The van der Waals surface area contributed by atoms with Gasteiger partial charge in [-0.2, -0.15) is 0 Å². The lowest BCUT2D eigenvalue weighted by atomic mass is 10.1. The highest BCUT2D eigenvalue weighted by atomic mass is 32.1. The monoisotopic (exact) mass is 385 g/mol. The molecule has 0 unspecified atom stereocenters. The first-order valence-corrected chi connectivity index (χ1v) is 9.01. The Labute approximate surface area is 160 Å². The van der Waals surface area contributed by atoms with E-state index in [-0.39, 0.29) is 11.6 Å². The lowest BCUT2D eigenvalue weighted by Gasteiger charge is -2.11. The van der Waals surface area contributed by atoms with E-state index in [0.29, 0.717) is 27.8 Å². The molecule has 0 aliphatic heterocycles. The molecule has 27 heavy (non-hydrogen) atoms. The molecule has 0 atom stereocenters. The average Bonchev–Trinajstić information content (AvgIpc) is 3.19. The van der Waals surface area contributed by atoms with Crippen molar-refractivity contribution in [1.82, 2.24) is 5.16 Å². The van der Waals surface area contributed by atoms with Crippen LogP contribution in [0.25, 0.3) is 0 Å². The van der Waals surface area contributed by atoms with Crippen LogP contribution < -0.4 is 15.4 Å². The maximum atomic E-state index is 12.9. The summed E-state index contributed by atoms with van der Waals surface area (Å²) < 4.78 is 10.2. The predicted molar refractivity (Wildman–Crippen MR) is 104 cm³/mol. The van der Waals surface area contributed by atoms with Crippen LogP contribution in [0.2, 0.25) is 0 Å². The van der Waals surface area contributed by atoms with Crippen LogP contribution in [0.3, 0.4) is 0 Å². The van der Waals surface area contributed by atoms with Crippen molar-refractivity contribution in [2.24, 2.45) is 0 Å². The van der Waals surface area contributed by atoms with Crippen LogP contribution in [0.15, 0.2) is 34.9 Å². The molecule has 2 amide bonds. The molecule has 3 rings (SSSR count).